The zero-order valence-electron chi connectivity index (χ0n) is 12.1. The lowest BCUT2D eigenvalue weighted by atomic mass is 9.66. The van der Waals surface area contributed by atoms with Crippen LogP contribution in [0.1, 0.15) is 50.7 Å². The van der Waals surface area contributed by atoms with Crippen molar-refractivity contribution in [2.75, 3.05) is 13.1 Å². The summed E-state index contributed by atoms with van der Waals surface area (Å²) < 4.78 is 0. The molecule has 0 saturated heterocycles. The number of aryl methyl sites for hydroxylation is 1. The summed E-state index contributed by atoms with van der Waals surface area (Å²) in [5, 5.41) is 3.60. The van der Waals surface area contributed by atoms with E-state index in [1.165, 1.54) is 31.2 Å². The molecule has 18 heavy (non-hydrogen) atoms. The number of likely N-dealkylation sites (N-methyl/N-ethyl adjacent to an activating group) is 1. The number of hydrogen-bond acceptors (Lipinski definition) is 1. The molecule has 0 aliphatic heterocycles. The van der Waals surface area contributed by atoms with Gasteiger partial charge >= 0.3 is 0 Å². The van der Waals surface area contributed by atoms with Crippen molar-refractivity contribution in [1.29, 1.82) is 0 Å². The molecule has 100 valence electrons. The summed E-state index contributed by atoms with van der Waals surface area (Å²) in [5.74, 6) is 0.906. The van der Waals surface area contributed by atoms with Gasteiger partial charge in [0.25, 0.3) is 0 Å². The fourth-order valence-corrected chi connectivity index (χ4v) is 3.39. The number of hydrogen-bond donors (Lipinski definition) is 1. The smallest absolute Gasteiger partial charge is 0.00806 e. The lowest BCUT2D eigenvalue weighted by Gasteiger charge is -2.41. The molecule has 2 rings (SSSR count). The maximum Gasteiger partial charge on any atom is 0.00806 e. The van der Waals surface area contributed by atoms with E-state index in [0.717, 1.165) is 19.0 Å². The standard InChI is InChI=1S/C17H27N/c1-4-18-13-17(11-9-14(2)10-12-17)16-8-6-5-7-15(16)3/h5-8,14,18H,4,9-13H2,1-3H3. The maximum absolute atomic E-state index is 3.60. The Kier molecular flexibility index (Phi) is 4.45. The third kappa shape index (κ3) is 2.77. The van der Waals surface area contributed by atoms with Gasteiger partial charge in [0.2, 0.25) is 0 Å². The molecule has 0 bridgehead atoms. The highest BCUT2D eigenvalue weighted by Crippen LogP contribution is 2.42. The summed E-state index contributed by atoms with van der Waals surface area (Å²) in [7, 11) is 0. The van der Waals surface area contributed by atoms with Crippen LogP contribution in [0.2, 0.25) is 0 Å². The topological polar surface area (TPSA) is 12.0 Å². The van der Waals surface area contributed by atoms with Crippen molar-refractivity contribution >= 4 is 0 Å². The highest BCUT2D eigenvalue weighted by Gasteiger charge is 2.36. The molecule has 0 atom stereocenters. The average Bonchev–Trinajstić information content (AvgIpc) is 2.39. The van der Waals surface area contributed by atoms with Crippen molar-refractivity contribution in [3.8, 4) is 0 Å². The lowest BCUT2D eigenvalue weighted by Crippen LogP contribution is -2.41. The van der Waals surface area contributed by atoms with Gasteiger partial charge in [0.15, 0.2) is 0 Å². The van der Waals surface area contributed by atoms with E-state index >= 15 is 0 Å². The molecule has 0 unspecified atom stereocenters. The van der Waals surface area contributed by atoms with Gasteiger partial charge in [0, 0.05) is 12.0 Å². The summed E-state index contributed by atoms with van der Waals surface area (Å²) in [4.78, 5) is 0. The molecule has 0 radical (unpaired) electrons. The van der Waals surface area contributed by atoms with Crippen LogP contribution in [-0.4, -0.2) is 13.1 Å². The van der Waals surface area contributed by atoms with Crippen molar-refractivity contribution in [2.24, 2.45) is 5.92 Å². The first kappa shape index (κ1) is 13.6. The molecule has 1 aliphatic rings. The van der Waals surface area contributed by atoms with Crippen molar-refractivity contribution in [2.45, 2.75) is 51.9 Å². The Morgan fingerprint density at radius 2 is 1.89 bits per heavy atom. The van der Waals surface area contributed by atoms with E-state index in [-0.39, 0.29) is 0 Å². The Balaban J connectivity index is 2.27. The highest BCUT2D eigenvalue weighted by atomic mass is 14.9. The minimum absolute atomic E-state index is 0.383. The maximum atomic E-state index is 3.60. The van der Waals surface area contributed by atoms with Crippen LogP contribution in [0.4, 0.5) is 0 Å². The number of nitrogens with one attached hydrogen (secondary N) is 1. The lowest BCUT2D eigenvalue weighted by molar-refractivity contribution is 0.234. The quantitative estimate of drug-likeness (QED) is 0.843. The predicted octanol–water partition coefficient (Wildman–Crippen LogP) is 4.05. The van der Waals surface area contributed by atoms with Gasteiger partial charge in [-0.3, -0.25) is 0 Å². The van der Waals surface area contributed by atoms with Crippen LogP contribution in [0.3, 0.4) is 0 Å². The molecule has 1 aromatic carbocycles. The molecular weight excluding hydrogens is 218 g/mol. The fourth-order valence-electron chi connectivity index (χ4n) is 3.39. The Morgan fingerprint density at radius 1 is 1.22 bits per heavy atom. The van der Waals surface area contributed by atoms with E-state index < -0.39 is 0 Å². The highest BCUT2D eigenvalue weighted by molar-refractivity contribution is 5.34. The molecule has 1 N–H and O–H groups in total. The molecule has 0 amide bonds. The largest absolute Gasteiger partial charge is 0.316 e. The Bertz CT molecular complexity index is 369. The monoisotopic (exact) mass is 245 g/mol. The summed E-state index contributed by atoms with van der Waals surface area (Å²) in [5.41, 5.74) is 3.43. The number of rotatable bonds is 4. The summed E-state index contributed by atoms with van der Waals surface area (Å²) in [6.07, 6.45) is 5.43. The Morgan fingerprint density at radius 3 is 2.50 bits per heavy atom. The van der Waals surface area contributed by atoms with Gasteiger partial charge in [-0.2, -0.15) is 0 Å². The van der Waals surface area contributed by atoms with Crippen LogP contribution in [0, 0.1) is 12.8 Å². The average molecular weight is 245 g/mol. The van der Waals surface area contributed by atoms with E-state index in [9.17, 15) is 0 Å². The third-order valence-corrected chi connectivity index (χ3v) is 4.66. The van der Waals surface area contributed by atoms with Gasteiger partial charge in [0.1, 0.15) is 0 Å². The van der Waals surface area contributed by atoms with Gasteiger partial charge in [0.05, 0.1) is 0 Å². The molecule has 1 nitrogen and oxygen atoms in total. The molecule has 1 aromatic rings. The summed E-state index contributed by atoms with van der Waals surface area (Å²) in [6.45, 7) is 9.08. The van der Waals surface area contributed by atoms with Crippen molar-refractivity contribution in [1.82, 2.24) is 5.32 Å². The van der Waals surface area contributed by atoms with Crippen molar-refractivity contribution in [3.63, 3.8) is 0 Å². The molecule has 0 aromatic heterocycles. The molecule has 1 aliphatic carbocycles. The first-order valence-corrected chi connectivity index (χ1v) is 7.45. The van der Waals surface area contributed by atoms with Gasteiger partial charge in [-0.25, -0.2) is 0 Å². The minimum atomic E-state index is 0.383. The second-order valence-corrected chi connectivity index (χ2v) is 6.06. The molecule has 1 fully saturated rings. The molecular formula is C17H27N. The molecule has 0 spiro atoms. The van der Waals surface area contributed by atoms with Gasteiger partial charge in [-0.1, -0.05) is 38.1 Å². The van der Waals surface area contributed by atoms with E-state index in [2.05, 4.69) is 50.4 Å². The normalized spacial score (nSPS) is 28.3. The second-order valence-electron chi connectivity index (χ2n) is 6.06. The van der Waals surface area contributed by atoms with Crippen molar-refractivity contribution in [3.05, 3.63) is 35.4 Å². The second kappa shape index (κ2) is 5.88. The Labute approximate surface area is 112 Å². The van der Waals surface area contributed by atoms with Crippen LogP contribution >= 0.6 is 0 Å². The van der Waals surface area contributed by atoms with Crippen LogP contribution in [0.15, 0.2) is 24.3 Å². The van der Waals surface area contributed by atoms with Crippen molar-refractivity contribution < 1.29 is 0 Å². The SMILES string of the molecule is CCNCC1(c2ccccc2C)CCC(C)CC1. The predicted molar refractivity (Wildman–Crippen MR) is 79.0 cm³/mol. The van der Waals surface area contributed by atoms with Crippen LogP contribution < -0.4 is 5.32 Å². The molecule has 0 heterocycles. The van der Waals surface area contributed by atoms with Gasteiger partial charge in [-0.05, 0) is 56.2 Å². The van der Waals surface area contributed by atoms with E-state index in [0.29, 0.717) is 5.41 Å². The first-order valence-electron chi connectivity index (χ1n) is 7.45. The minimum Gasteiger partial charge on any atom is -0.316 e. The zero-order valence-corrected chi connectivity index (χ0v) is 12.1. The van der Waals surface area contributed by atoms with Crippen LogP contribution in [0.25, 0.3) is 0 Å². The fraction of sp³-hybridized carbons (Fsp3) is 0.647. The first-order chi connectivity index (χ1) is 8.68. The Hall–Kier alpha value is -0.820. The van der Waals surface area contributed by atoms with Crippen LogP contribution in [-0.2, 0) is 5.41 Å². The molecule has 1 heteroatoms. The summed E-state index contributed by atoms with van der Waals surface area (Å²) in [6, 6.07) is 8.98. The third-order valence-electron chi connectivity index (χ3n) is 4.66. The van der Waals surface area contributed by atoms with E-state index in [4.69, 9.17) is 0 Å². The number of benzene rings is 1. The van der Waals surface area contributed by atoms with Gasteiger partial charge in [-0.15, -0.1) is 0 Å². The van der Waals surface area contributed by atoms with Gasteiger partial charge < -0.3 is 5.32 Å². The van der Waals surface area contributed by atoms with Crippen LogP contribution in [0.5, 0.6) is 0 Å². The zero-order chi connectivity index (χ0) is 13.0. The van der Waals surface area contributed by atoms with E-state index in [1.807, 2.05) is 0 Å². The van der Waals surface area contributed by atoms with E-state index in [1.54, 1.807) is 5.56 Å². The summed E-state index contributed by atoms with van der Waals surface area (Å²) >= 11 is 0. The molecule has 1 saturated carbocycles.